The first-order valence-electron chi connectivity index (χ1n) is 15.9. The van der Waals surface area contributed by atoms with Crippen LogP contribution in [0.5, 0.6) is 0 Å². The fourth-order valence-corrected chi connectivity index (χ4v) is 10.2. The molecule has 0 spiro atoms. The molecule has 0 aromatic carbocycles. The van der Waals surface area contributed by atoms with Gasteiger partial charge < -0.3 is 19.3 Å². The van der Waals surface area contributed by atoms with Gasteiger partial charge in [-0.1, -0.05) is 55.4 Å². The van der Waals surface area contributed by atoms with Gasteiger partial charge in [-0.2, -0.15) is 0 Å². The maximum Gasteiger partial charge on any atom is 0.404 e. The number of hydrogen-bond donors (Lipinski definition) is 2. The van der Waals surface area contributed by atoms with Gasteiger partial charge in [-0.3, -0.25) is 4.79 Å². The molecule has 40 heavy (non-hydrogen) atoms. The third kappa shape index (κ3) is 6.60. The van der Waals surface area contributed by atoms with Gasteiger partial charge in [0.2, 0.25) is 0 Å². The van der Waals surface area contributed by atoms with E-state index in [1.54, 1.807) is 0 Å². The van der Waals surface area contributed by atoms with Crippen LogP contribution in [0.1, 0.15) is 100 Å². The van der Waals surface area contributed by atoms with Gasteiger partial charge >= 0.3 is 6.09 Å². The van der Waals surface area contributed by atoms with E-state index in [9.17, 15) is 14.7 Å². The lowest BCUT2D eigenvalue weighted by Gasteiger charge is -2.57. The summed E-state index contributed by atoms with van der Waals surface area (Å²) in [6.07, 6.45) is 5.77. The third-order valence-corrected chi connectivity index (χ3v) is 21.7. The van der Waals surface area contributed by atoms with Gasteiger partial charge in [0, 0.05) is 31.1 Å². The fraction of sp³-hybridized carbons (Fsp3) is 0.938. The van der Waals surface area contributed by atoms with Crippen molar-refractivity contribution in [2.24, 2.45) is 34.5 Å². The van der Waals surface area contributed by atoms with Gasteiger partial charge in [-0.05, 0) is 104 Å². The van der Waals surface area contributed by atoms with Crippen LogP contribution < -0.4 is 5.32 Å². The van der Waals surface area contributed by atoms with E-state index in [0.717, 1.165) is 45.1 Å². The Morgan fingerprint density at radius 2 is 1.55 bits per heavy atom. The highest BCUT2D eigenvalue weighted by atomic mass is 28.4. The van der Waals surface area contributed by atoms with Crippen molar-refractivity contribution in [2.45, 2.75) is 143 Å². The molecule has 232 valence electrons. The number of rotatable bonds is 8. The molecule has 2 N–H and O–H groups in total. The monoisotopic (exact) mass is 595 g/mol. The zero-order valence-corrected chi connectivity index (χ0v) is 29.8. The Morgan fingerprint density at radius 3 is 2.10 bits per heavy atom. The van der Waals surface area contributed by atoms with Gasteiger partial charge in [0.05, 0.1) is 0 Å². The minimum Gasteiger partial charge on any atom is -0.465 e. The zero-order valence-electron chi connectivity index (χ0n) is 27.8. The maximum atomic E-state index is 13.0. The Kier molecular flexibility index (Phi) is 9.65. The van der Waals surface area contributed by atoms with Gasteiger partial charge in [0.25, 0.3) is 0 Å². The van der Waals surface area contributed by atoms with Crippen LogP contribution in [0.2, 0.25) is 36.3 Å². The van der Waals surface area contributed by atoms with E-state index in [4.69, 9.17) is 8.85 Å². The van der Waals surface area contributed by atoms with Gasteiger partial charge in [0.15, 0.2) is 16.6 Å². The molecule has 3 aliphatic carbocycles. The predicted octanol–water partition coefficient (Wildman–Crippen LogP) is 8.48. The lowest BCUT2D eigenvalue weighted by atomic mass is 9.49. The summed E-state index contributed by atoms with van der Waals surface area (Å²) in [5, 5.41) is 12.6. The van der Waals surface area contributed by atoms with Crippen LogP contribution in [0.25, 0.3) is 0 Å². The Morgan fingerprint density at radius 1 is 0.950 bits per heavy atom. The predicted molar refractivity (Wildman–Crippen MR) is 169 cm³/mol. The number of Topliss-reactive ketones (excluding diaryl/α,β-unsaturated/α-hetero) is 1. The molecule has 6 nitrogen and oxygen atoms in total. The third-order valence-electron chi connectivity index (χ3n) is 12.7. The van der Waals surface area contributed by atoms with Crippen LogP contribution in [0.4, 0.5) is 4.79 Å². The van der Waals surface area contributed by atoms with Crippen molar-refractivity contribution in [2.75, 3.05) is 13.2 Å². The van der Waals surface area contributed by atoms with Crippen molar-refractivity contribution < 1.29 is 23.5 Å². The minimum atomic E-state index is -1.96. The number of ketones is 1. The molecule has 0 aromatic heterocycles. The van der Waals surface area contributed by atoms with Crippen molar-refractivity contribution >= 4 is 28.5 Å². The van der Waals surface area contributed by atoms with Crippen LogP contribution in [0, 0.1) is 34.5 Å². The lowest BCUT2D eigenvalue weighted by molar-refractivity contribution is -0.135. The highest BCUT2D eigenvalue weighted by Crippen LogP contribution is 2.61. The normalized spacial score (nSPS) is 35.9. The van der Waals surface area contributed by atoms with Crippen LogP contribution >= 0.6 is 0 Å². The molecule has 0 saturated heterocycles. The van der Waals surface area contributed by atoms with Gasteiger partial charge in [-0.25, -0.2) is 4.79 Å². The molecular weight excluding hydrogens is 535 g/mol. The van der Waals surface area contributed by atoms with Gasteiger partial charge in [-0.15, -0.1) is 0 Å². The van der Waals surface area contributed by atoms with Gasteiger partial charge in [0.1, 0.15) is 5.78 Å². The molecule has 0 aromatic rings. The standard InChI is InChI=1S/C32H61NO5Si2/c1-29(2,3)39(9,10)37-21-22-19-23(38-40(11,12)30(4,5)6)15-17-31(22,7)26-16-18-32(8)25(13-14-27(32)34)24(26)20-33-28(35)36/h22-26,33H,13-21H2,1-12H3,(H,35,36)/t22-,23+,24+,25+,26+,31-,32+/m1/s1. The van der Waals surface area contributed by atoms with Crippen molar-refractivity contribution in [1.82, 2.24) is 5.32 Å². The molecule has 0 unspecified atom stereocenters. The maximum absolute atomic E-state index is 13.0. The van der Waals surface area contributed by atoms with E-state index in [1.807, 2.05) is 0 Å². The molecular formula is C32H61NO5Si2. The average molecular weight is 596 g/mol. The molecule has 0 radical (unpaired) electrons. The van der Waals surface area contributed by atoms with E-state index in [0.29, 0.717) is 30.6 Å². The first-order valence-corrected chi connectivity index (χ1v) is 21.7. The Bertz CT molecular complexity index is 939. The highest BCUT2D eigenvalue weighted by Gasteiger charge is 2.59. The summed E-state index contributed by atoms with van der Waals surface area (Å²) in [5.74, 6) is 1.48. The number of carboxylic acid groups (broad SMARTS) is 1. The second kappa shape index (κ2) is 11.4. The summed E-state index contributed by atoms with van der Waals surface area (Å²) in [4.78, 5) is 24.7. The number of carbonyl (C=O) groups excluding carboxylic acids is 1. The van der Waals surface area contributed by atoms with E-state index in [-0.39, 0.29) is 38.8 Å². The number of carbonyl (C=O) groups is 2. The average Bonchev–Trinajstić information content (AvgIpc) is 3.10. The summed E-state index contributed by atoms with van der Waals surface area (Å²) < 4.78 is 14.0. The summed E-state index contributed by atoms with van der Waals surface area (Å²) >= 11 is 0. The highest BCUT2D eigenvalue weighted by molar-refractivity contribution is 6.74. The molecule has 3 saturated carbocycles. The topological polar surface area (TPSA) is 84.9 Å². The summed E-state index contributed by atoms with van der Waals surface area (Å²) in [5.41, 5.74) is -0.305. The lowest BCUT2D eigenvalue weighted by Crippen LogP contribution is -2.56. The molecule has 7 atom stereocenters. The summed E-state index contributed by atoms with van der Waals surface area (Å²) in [6.45, 7) is 29.0. The van der Waals surface area contributed by atoms with Crippen LogP contribution in [0.3, 0.4) is 0 Å². The van der Waals surface area contributed by atoms with Crippen molar-refractivity contribution in [3.05, 3.63) is 0 Å². The van der Waals surface area contributed by atoms with Crippen molar-refractivity contribution in [3.63, 3.8) is 0 Å². The van der Waals surface area contributed by atoms with Crippen LogP contribution in [0.15, 0.2) is 0 Å². The number of amides is 1. The number of nitrogens with one attached hydrogen (secondary N) is 1. The molecule has 0 bridgehead atoms. The molecule has 1 amide bonds. The SMILES string of the molecule is CC(C)(C)[Si](C)(C)OC[C@H]1C[C@@H](O[Si](C)(C)C(C)(C)C)CC[C@@]1(C)[C@H]1CC[C@]2(C)C(=O)CC[C@H]2[C@@H]1CNC(=O)O. The Balaban J connectivity index is 1.95. The van der Waals surface area contributed by atoms with E-state index in [2.05, 4.69) is 86.9 Å². The Hall–Kier alpha value is -0.706. The fourth-order valence-electron chi connectivity index (χ4n) is 7.72. The zero-order chi connectivity index (χ0) is 30.5. The largest absolute Gasteiger partial charge is 0.465 e. The van der Waals surface area contributed by atoms with Crippen molar-refractivity contribution in [1.29, 1.82) is 0 Å². The Labute approximate surface area is 247 Å². The number of hydrogen-bond acceptors (Lipinski definition) is 4. The van der Waals surface area contributed by atoms with Crippen molar-refractivity contribution in [3.8, 4) is 0 Å². The second-order valence-corrected chi connectivity index (χ2v) is 26.6. The molecule has 3 fully saturated rings. The smallest absolute Gasteiger partial charge is 0.404 e. The second-order valence-electron chi connectivity index (χ2n) is 17.0. The van der Waals surface area contributed by atoms with E-state index >= 15 is 0 Å². The molecule has 0 aliphatic heterocycles. The quantitative estimate of drug-likeness (QED) is 0.275. The number of fused-ring (bicyclic) bond motifs is 1. The minimum absolute atomic E-state index is 0.00741. The van der Waals surface area contributed by atoms with E-state index in [1.165, 1.54) is 0 Å². The van der Waals surface area contributed by atoms with Crippen LogP contribution in [-0.2, 0) is 13.6 Å². The first-order chi connectivity index (χ1) is 18.1. The van der Waals surface area contributed by atoms with E-state index < -0.39 is 22.7 Å². The molecule has 8 heteroatoms. The summed E-state index contributed by atoms with van der Waals surface area (Å²) in [6, 6.07) is 0. The summed E-state index contributed by atoms with van der Waals surface area (Å²) in [7, 11) is -3.87. The molecule has 3 rings (SSSR count). The first kappa shape index (κ1) is 33.8. The molecule has 0 heterocycles. The molecule has 3 aliphatic rings. The van der Waals surface area contributed by atoms with Crippen LogP contribution in [-0.4, -0.2) is 52.9 Å².